The van der Waals surface area contributed by atoms with E-state index >= 15 is 0 Å². The van der Waals surface area contributed by atoms with Gasteiger partial charge >= 0.3 is 0 Å². The average Bonchev–Trinajstić information content (AvgIpc) is 1.58. The Kier molecular flexibility index (Phi) is 3.39. The normalized spacial score (nSPS) is 10.9. The van der Waals surface area contributed by atoms with Crippen LogP contribution in [-0.2, 0) is 9.59 Å². The molecule has 3 heteroatoms. The maximum Gasteiger partial charge on any atom is 0.220 e. The molecule has 0 saturated heterocycles. The van der Waals surface area contributed by atoms with Crippen LogP contribution in [0.3, 0.4) is 0 Å². The van der Waals surface area contributed by atoms with Gasteiger partial charge < -0.3 is 5.32 Å². The fraction of sp³-hybridized carbons (Fsp3) is 0.429. The van der Waals surface area contributed by atoms with E-state index in [4.69, 9.17) is 0 Å². The van der Waals surface area contributed by atoms with Crippen molar-refractivity contribution in [3.8, 4) is 0 Å². The molecule has 0 rings (SSSR count). The van der Waals surface area contributed by atoms with Crippen molar-refractivity contribution in [2.75, 3.05) is 0 Å². The molecule has 10 heavy (non-hydrogen) atoms. The van der Waals surface area contributed by atoms with E-state index in [1.807, 2.05) is 0 Å². The van der Waals surface area contributed by atoms with Crippen molar-refractivity contribution >= 4 is 11.7 Å². The van der Waals surface area contributed by atoms with Crippen LogP contribution in [-0.4, -0.2) is 11.7 Å². The maximum absolute atomic E-state index is 10.4. The number of carbonyl (C=O) groups is 2. The fourth-order valence-corrected chi connectivity index (χ4v) is 0.619. The van der Waals surface area contributed by atoms with E-state index in [0.717, 1.165) is 0 Å². The molecule has 0 aliphatic heterocycles. The van der Waals surface area contributed by atoms with Crippen molar-refractivity contribution in [3.63, 3.8) is 0 Å². The van der Waals surface area contributed by atoms with Gasteiger partial charge in [0.2, 0.25) is 5.91 Å². The van der Waals surface area contributed by atoms with Crippen LogP contribution in [0.1, 0.15) is 20.8 Å². The molecule has 0 saturated carbocycles. The Hall–Kier alpha value is -1.12. The Bertz CT molecular complexity index is 182. The molecule has 0 aromatic carbocycles. The van der Waals surface area contributed by atoms with Gasteiger partial charge in [-0.05, 0) is 19.9 Å². The topological polar surface area (TPSA) is 46.2 Å². The zero-order valence-corrected chi connectivity index (χ0v) is 6.39. The molecule has 0 bridgehead atoms. The molecule has 0 heterocycles. The second-order valence-electron chi connectivity index (χ2n) is 2.12. The highest BCUT2D eigenvalue weighted by Gasteiger charge is 1.92. The predicted molar refractivity (Wildman–Crippen MR) is 38.3 cm³/mol. The number of carbonyl (C=O) groups excluding carboxylic acids is 2. The highest BCUT2D eigenvalue weighted by atomic mass is 16.1. The summed E-state index contributed by atoms with van der Waals surface area (Å²) in [6, 6.07) is 0. The summed E-state index contributed by atoms with van der Waals surface area (Å²) in [6.07, 6.45) is 1.38. The van der Waals surface area contributed by atoms with Crippen molar-refractivity contribution in [2.24, 2.45) is 0 Å². The minimum atomic E-state index is -0.157. The Labute approximate surface area is 60.1 Å². The van der Waals surface area contributed by atoms with Gasteiger partial charge in [0.25, 0.3) is 0 Å². The highest BCUT2D eigenvalue weighted by Crippen LogP contribution is 1.85. The molecule has 1 N–H and O–H groups in total. The molecule has 0 unspecified atom stereocenters. The fourth-order valence-electron chi connectivity index (χ4n) is 0.619. The van der Waals surface area contributed by atoms with Gasteiger partial charge in [-0.2, -0.15) is 0 Å². The number of hydrogen-bond donors (Lipinski definition) is 1. The van der Waals surface area contributed by atoms with Crippen LogP contribution in [0.5, 0.6) is 0 Å². The summed E-state index contributed by atoms with van der Waals surface area (Å²) in [5.41, 5.74) is 0.583. The Morgan fingerprint density at radius 2 is 1.70 bits per heavy atom. The van der Waals surface area contributed by atoms with Crippen molar-refractivity contribution < 1.29 is 9.59 Å². The third kappa shape index (κ3) is 5.03. The van der Waals surface area contributed by atoms with E-state index < -0.39 is 0 Å². The Morgan fingerprint density at radius 1 is 1.20 bits per heavy atom. The first-order valence-corrected chi connectivity index (χ1v) is 2.99. The SMILES string of the molecule is CC(=O)/C=C(\C)NC(C)=O. The monoisotopic (exact) mass is 141 g/mol. The number of rotatable bonds is 2. The lowest BCUT2D eigenvalue weighted by Crippen LogP contribution is -2.17. The molecule has 0 aliphatic rings. The molecule has 0 atom stereocenters. The molecule has 0 aromatic heterocycles. The molecule has 0 fully saturated rings. The summed E-state index contributed by atoms with van der Waals surface area (Å²) < 4.78 is 0. The lowest BCUT2D eigenvalue weighted by atomic mass is 10.3. The van der Waals surface area contributed by atoms with Crippen molar-refractivity contribution in [2.45, 2.75) is 20.8 Å². The molecule has 56 valence electrons. The van der Waals surface area contributed by atoms with Crippen molar-refractivity contribution in [1.29, 1.82) is 0 Å². The van der Waals surface area contributed by atoms with Gasteiger partial charge in [0, 0.05) is 12.6 Å². The van der Waals surface area contributed by atoms with Crippen LogP contribution in [0.25, 0.3) is 0 Å². The number of allylic oxidation sites excluding steroid dienone is 2. The van der Waals surface area contributed by atoms with Crippen LogP contribution in [0.4, 0.5) is 0 Å². The zero-order chi connectivity index (χ0) is 8.15. The number of hydrogen-bond acceptors (Lipinski definition) is 2. The maximum atomic E-state index is 10.4. The van der Waals surface area contributed by atoms with E-state index in [2.05, 4.69) is 5.32 Å². The van der Waals surface area contributed by atoms with Crippen LogP contribution in [0, 0.1) is 0 Å². The summed E-state index contributed by atoms with van der Waals surface area (Å²) in [6.45, 7) is 4.51. The Morgan fingerprint density at radius 3 is 2.00 bits per heavy atom. The quantitative estimate of drug-likeness (QED) is 0.573. The summed E-state index contributed by atoms with van der Waals surface area (Å²) in [5, 5.41) is 2.48. The summed E-state index contributed by atoms with van der Waals surface area (Å²) in [5.74, 6) is -0.221. The van der Waals surface area contributed by atoms with Gasteiger partial charge in [-0.15, -0.1) is 0 Å². The Balaban J connectivity index is 3.95. The minimum Gasteiger partial charge on any atom is -0.330 e. The van der Waals surface area contributed by atoms with Gasteiger partial charge in [-0.1, -0.05) is 0 Å². The number of amides is 1. The van der Waals surface area contributed by atoms with Crippen LogP contribution >= 0.6 is 0 Å². The number of ketones is 1. The average molecular weight is 141 g/mol. The van der Waals surface area contributed by atoms with Crippen LogP contribution in [0.2, 0.25) is 0 Å². The summed E-state index contributed by atoms with van der Waals surface area (Å²) >= 11 is 0. The third-order valence-corrected chi connectivity index (χ3v) is 0.793. The van der Waals surface area contributed by atoms with Crippen molar-refractivity contribution in [1.82, 2.24) is 5.32 Å². The first-order chi connectivity index (χ1) is 4.52. The first kappa shape index (κ1) is 8.88. The third-order valence-electron chi connectivity index (χ3n) is 0.793. The van der Waals surface area contributed by atoms with Gasteiger partial charge in [0.05, 0.1) is 0 Å². The molecule has 0 radical (unpaired) electrons. The van der Waals surface area contributed by atoms with E-state index in [1.165, 1.54) is 19.9 Å². The lowest BCUT2D eigenvalue weighted by Gasteiger charge is -1.97. The largest absolute Gasteiger partial charge is 0.330 e. The van der Waals surface area contributed by atoms with Gasteiger partial charge in [-0.3, -0.25) is 9.59 Å². The minimum absolute atomic E-state index is 0.0637. The van der Waals surface area contributed by atoms with Crippen LogP contribution in [0.15, 0.2) is 11.8 Å². The van der Waals surface area contributed by atoms with E-state index in [9.17, 15) is 9.59 Å². The van der Waals surface area contributed by atoms with Gasteiger partial charge in [0.15, 0.2) is 5.78 Å². The molecule has 0 spiro atoms. The molecule has 0 aliphatic carbocycles. The smallest absolute Gasteiger partial charge is 0.220 e. The zero-order valence-electron chi connectivity index (χ0n) is 6.39. The molecular weight excluding hydrogens is 130 g/mol. The summed E-state index contributed by atoms with van der Waals surface area (Å²) in [4.78, 5) is 20.8. The molecule has 0 aromatic rings. The summed E-state index contributed by atoms with van der Waals surface area (Å²) in [7, 11) is 0. The van der Waals surface area contributed by atoms with Crippen molar-refractivity contribution in [3.05, 3.63) is 11.8 Å². The predicted octanol–water partition coefficient (Wildman–Crippen LogP) is 0.615. The molecule has 3 nitrogen and oxygen atoms in total. The highest BCUT2D eigenvalue weighted by molar-refractivity contribution is 5.88. The second kappa shape index (κ2) is 3.82. The van der Waals surface area contributed by atoms with E-state index in [-0.39, 0.29) is 11.7 Å². The van der Waals surface area contributed by atoms with E-state index in [0.29, 0.717) is 5.70 Å². The first-order valence-electron chi connectivity index (χ1n) is 2.99. The second-order valence-corrected chi connectivity index (χ2v) is 2.12. The lowest BCUT2D eigenvalue weighted by molar-refractivity contribution is -0.118. The van der Waals surface area contributed by atoms with Gasteiger partial charge in [0.1, 0.15) is 0 Å². The van der Waals surface area contributed by atoms with Crippen LogP contribution < -0.4 is 5.32 Å². The molecular formula is C7H11NO2. The number of nitrogens with one attached hydrogen (secondary N) is 1. The standard InChI is InChI=1S/C7H11NO2/c1-5(4-6(2)9)8-7(3)10/h4H,1-3H3,(H,8,10)/b5-4+. The van der Waals surface area contributed by atoms with Gasteiger partial charge in [-0.25, -0.2) is 0 Å². The van der Waals surface area contributed by atoms with E-state index in [1.54, 1.807) is 6.92 Å². The molecule has 1 amide bonds.